The largest absolute Gasteiger partial charge is 0.413 e. The van der Waals surface area contributed by atoms with Crippen LogP contribution >= 0.6 is 0 Å². The normalized spacial score (nSPS) is 34.7. The molecule has 144 valence electrons. The molecule has 2 fully saturated rings. The van der Waals surface area contributed by atoms with E-state index < -0.39 is 14.1 Å². The summed E-state index contributed by atoms with van der Waals surface area (Å²) in [7, 11) is -1.79. The lowest BCUT2D eigenvalue weighted by molar-refractivity contribution is -0.244. The van der Waals surface area contributed by atoms with E-state index in [0.29, 0.717) is 6.10 Å². The summed E-state index contributed by atoms with van der Waals surface area (Å²) in [4.78, 5) is 0. The Morgan fingerprint density at radius 2 is 1.68 bits per heavy atom. The van der Waals surface area contributed by atoms with Gasteiger partial charge >= 0.3 is 0 Å². The lowest BCUT2D eigenvalue weighted by Crippen LogP contribution is -2.59. The highest BCUT2D eigenvalue weighted by atomic mass is 28.4. The molecule has 0 N–H and O–H groups in total. The van der Waals surface area contributed by atoms with Crippen molar-refractivity contribution in [2.24, 2.45) is 10.8 Å². The topological polar surface area (TPSA) is 27.7 Å². The summed E-state index contributed by atoms with van der Waals surface area (Å²) in [6.07, 6.45) is 7.07. The lowest BCUT2D eigenvalue weighted by atomic mass is 9.53. The third-order valence-corrected chi connectivity index (χ3v) is 12.2. The SMILES string of the molecule is CC1(C)C2=CCC[C@H](O[Si](C)(C)C(C)(C)C)[C@@]2(C)CCC12OCCO2. The Morgan fingerprint density at radius 3 is 2.24 bits per heavy atom. The first-order valence-corrected chi connectivity index (χ1v) is 12.9. The van der Waals surface area contributed by atoms with Crippen LogP contribution in [0.4, 0.5) is 0 Å². The summed E-state index contributed by atoms with van der Waals surface area (Å²) in [6.45, 7) is 20.3. The number of hydrogen-bond acceptors (Lipinski definition) is 3. The van der Waals surface area contributed by atoms with E-state index in [0.717, 1.165) is 38.9 Å². The van der Waals surface area contributed by atoms with Gasteiger partial charge in [-0.05, 0) is 37.4 Å². The van der Waals surface area contributed by atoms with Crippen molar-refractivity contribution in [2.45, 2.75) is 97.2 Å². The van der Waals surface area contributed by atoms with E-state index in [2.05, 4.69) is 60.7 Å². The third kappa shape index (κ3) is 2.88. The Morgan fingerprint density at radius 1 is 1.08 bits per heavy atom. The highest BCUT2D eigenvalue weighted by Gasteiger charge is 2.62. The molecule has 3 aliphatic rings. The summed E-state index contributed by atoms with van der Waals surface area (Å²) >= 11 is 0. The van der Waals surface area contributed by atoms with Gasteiger partial charge in [-0.15, -0.1) is 0 Å². The van der Waals surface area contributed by atoms with Gasteiger partial charge in [0.1, 0.15) is 0 Å². The average Bonchev–Trinajstić information content (AvgIpc) is 2.95. The fourth-order valence-electron chi connectivity index (χ4n) is 4.99. The zero-order valence-corrected chi connectivity index (χ0v) is 18.6. The molecule has 1 heterocycles. The maximum absolute atomic E-state index is 6.98. The number of hydrogen-bond donors (Lipinski definition) is 0. The highest BCUT2D eigenvalue weighted by molar-refractivity contribution is 6.74. The summed E-state index contributed by atoms with van der Waals surface area (Å²) in [5.41, 5.74) is 1.49. The van der Waals surface area contributed by atoms with Gasteiger partial charge in [-0.3, -0.25) is 0 Å². The van der Waals surface area contributed by atoms with Gasteiger partial charge < -0.3 is 13.9 Å². The van der Waals surface area contributed by atoms with E-state index in [-0.39, 0.29) is 15.9 Å². The third-order valence-electron chi connectivity index (χ3n) is 7.70. The number of allylic oxidation sites excluding steroid dienone is 1. The molecule has 1 saturated carbocycles. The van der Waals surface area contributed by atoms with E-state index in [1.165, 1.54) is 5.57 Å². The number of rotatable bonds is 2. The van der Waals surface area contributed by atoms with Crippen molar-refractivity contribution in [3.63, 3.8) is 0 Å². The molecule has 0 amide bonds. The second-order valence-electron chi connectivity index (χ2n) is 10.6. The van der Waals surface area contributed by atoms with Gasteiger partial charge in [-0.2, -0.15) is 0 Å². The van der Waals surface area contributed by atoms with Crippen LogP contribution in [0.1, 0.15) is 67.2 Å². The van der Waals surface area contributed by atoms with Crippen LogP contribution in [0, 0.1) is 10.8 Å². The minimum atomic E-state index is -1.79. The van der Waals surface area contributed by atoms with E-state index in [4.69, 9.17) is 13.9 Å². The van der Waals surface area contributed by atoms with Gasteiger partial charge in [0, 0.05) is 17.3 Å². The zero-order valence-electron chi connectivity index (χ0n) is 17.6. The molecule has 0 unspecified atom stereocenters. The smallest absolute Gasteiger partial charge is 0.192 e. The quantitative estimate of drug-likeness (QED) is 0.466. The Labute approximate surface area is 155 Å². The van der Waals surface area contributed by atoms with Crippen LogP contribution in [0.25, 0.3) is 0 Å². The van der Waals surface area contributed by atoms with Crippen molar-refractivity contribution >= 4 is 8.32 Å². The highest BCUT2D eigenvalue weighted by Crippen LogP contribution is 2.62. The molecule has 1 aliphatic heterocycles. The first-order valence-electron chi connectivity index (χ1n) is 10.0. The molecule has 4 heteroatoms. The van der Waals surface area contributed by atoms with Gasteiger partial charge in [0.2, 0.25) is 0 Å². The number of fused-ring (bicyclic) bond motifs is 1. The van der Waals surface area contributed by atoms with Crippen LogP contribution in [0.2, 0.25) is 18.1 Å². The van der Waals surface area contributed by atoms with E-state index in [1.807, 2.05) is 0 Å². The summed E-state index contributed by atoms with van der Waals surface area (Å²) in [5, 5.41) is 0.244. The van der Waals surface area contributed by atoms with Crippen molar-refractivity contribution in [3.05, 3.63) is 11.6 Å². The molecule has 1 spiro atoms. The second kappa shape index (κ2) is 5.92. The van der Waals surface area contributed by atoms with Gasteiger partial charge in [0.05, 0.1) is 19.3 Å². The molecule has 0 bridgehead atoms. The van der Waals surface area contributed by atoms with Crippen LogP contribution in [0.3, 0.4) is 0 Å². The maximum atomic E-state index is 6.98. The molecule has 0 aromatic carbocycles. The van der Waals surface area contributed by atoms with Crippen molar-refractivity contribution in [1.29, 1.82) is 0 Å². The Bertz CT molecular complexity index is 552. The molecule has 25 heavy (non-hydrogen) atoms. The Balaban J connectivity index is 1.92. The molecule has 0 aromatic rings. The van der Waals surface area contributed by atoms with Crippen LogP contribution in [-0.2, 0) is 13.9 Å². The molecular formula is C21H38O3Si. The fraction of sp³-hybridized carbons (Fsp3) is 0.905. The first-order chi connectivity index (χ1) is 11.4. The average molecular weight is 367 g/mol. The van der Waals surface area contributed by atoms with Crippen molar-refractivity contribution in [3.8, 4) is 0 Å². The molecular weight excluding hydrogens is 328 g/mol. The van der Waals surface area contributed by atoms with Crippen molar-refractivity contribution in [2.75, 3.05) is 13.2 Å². The monoisotopic (exact) mass is 366 g/mol. The summed E-state index contributed by atoms with van der Waals surface area (Å²) in [6, 6.07) is 0. The molecule has 1 saturated heterocycles. The van der Waals surface area contributed by atoms with Crippen LogP contribution in [-0.4, -0.2) is 33.4 Å². The van der Waals surface area contributed by atoms with Crippen molar-refractivity contribution < 1.29 is 13.9 Å². The minimum absolute atomic E-state index is 0.0951. The van der Waals surface area contributed by atoms with Gasteiger partial charge in [0.15, 0.2) is 14.1 Å². The summed E-state index contributed by atoms with van der Waals surface area (Å²) < 4.78 is 19.3. The molecule has 3 nitrogen and oxygen atoms in total. The first kappa shape index (κ1) is 19.6. The van der Waals surface area contributed by atoms with Crippen molar-refractivity contribution in [1.82, 2.24) is 0 Å². The van der Waals surface area contributed by atoms with Crippen LogP contribution in [0.15, 0.2) is 11.6 Å². The Kier molecular flexibility index (Phi) is 4.64. The van der Waals surface area contributed by atoms with Gasteiger partial charge in [0.25, 0.3) is 0 Å². The fourth-order valence-corrected chi connectivity index (χ4v) is 6.43. The van der Waals surface area contributed by atoms with Gasteiger partial charge in [-0.25, -0.2) is 0 Å². The standard InChI is InChI=1S/C21H38O3Si/c1-18(2,3)25(7,8)24-17-11-9-10-16-19(4,5)21(22-14-15-23-21)13-12-20(16,17)6/h10,17H,9,11-15H2,1-8H3/t17-,20-/m0/s1. The maximum Gasteiger partial charge on any atom is 0.192 e. The molecule has 0 aromatic heterocycles. The minimum Gasteiger partial charge on any atom is -0.413 e. The zero-order chi connectivity index (χ0) is 18.7. The van der Waals surface area contributed by atoms with E-state index in [1.54, 1.807) is 0 Å². The molecule has 2 aliphatic carbocycles. The molecule has 0 radical (unpaired) electrons. The van der Waals surface area contributed by atoms with Gasteiger partial charge in [-0.1, -0.05) is 53.2 Å². The lowest BCUT2D eigenvalue weighted by Gasteiger charge is -2.59. The predicted octanol–water partition coefficient (Wildman–Crippen LogP) is 5.67. The second-order valence-corrected chi connectivity index (χ2v) is 15.3. The van der Waals surface area contributed by atoms with Crippen LogP contribution in [0.5, 0.6) is 0 Å². The van der Waals surface area contributed by atoms with E-state index in [9.17, 15) is 0 Å². The predicted molar refractivity (Wildman–Crippen MR) is 105 cm³/mol. The van der Waals surface area contributed by atoms with Crippen LogP contribution < -0.4 is 0 Å². The van der Waals surface area contributed by atoms with E-state index >= 15 is 0 Å². The molecule has 3 rings (SSSR count). The molecule has 2 atom stereocenters. The Hall–Kier alpha value is -0.163. The number of ether oxygens (including phenoxy) is 2. The summed E-state index contributed by atoms with van der Waals surface area (Å²) in [5.74, 6) is -0.433.